The lowest BCUT2D eigenvalue weighted by atomic mass is 9.91. The van der Waals surface area contributed by atoms with E-state index in [1.165, 1.54) is 43.7 Å². The fraction of sp³-hybridized carbons (Fsp3) is 0.667. The molecule has 21 heavy (non-hydrogen) atoms. The molecule has 0 unspecified atom stereocenters. The third-order valence-electron chi connectivity index (χ3n) is 4.31. The van der Waals surface area contributed by atoms with Crippen LogP contribution in [-0.4, -0.2) is 26.2 Å². The van der Waals surface area contributed by atoms with E-state index in [1.807, 2.05) is 0 Å². The Balaban J connectivity index is 1.81. The Bertz CT molecular complexity index is 391. The minimum atomic E-state index is 0.800. The fourth-order valence-corrected chi connectivity index (χ4v) is 3.34. The Hall–Kier alpha value is -1.22. The second kappa shape index (κ2) is 8.28. The van der Waals surface area contributed by atoms with Crippen LogP contribution in [0.1, 0.15) is 39.5 Å². The number of benzene rings is 1. The van der Waals surface area contributed by atoms with E-state index >= 15 is 0 Å². The van der Waals surface area contributed by atoms with Crippen LogP contribution in [0.5, 0.6) is 0 Å². The molecule has 1 aromatic rings. The molecule has 1 heterocycles. The average molecular weight is 289 g/mol. The Kier molecular flexibility index (Phi) is 6.37. The highest BCUT2D eigenvalue weighted by atomic mass is 15.1. The van der Waals surface area contributed by atoms with Gasteiger partial charge in [-0.25, -0.2) is 0 Å². The molecule has 1 fully saturated rings. The van der Waals surface area contributed by atoms with E-state index in [0.29, 0.717) is 0 Å². The SMILES string of the molecule is C[C@@H]1C[C@H](C)CN(c2ccc(NCCCCCN)cc2)C1. The van der Waals surface area contributed by atoms with Crippen LogP contribution in [-0.2, 0) is 0 Å². The molecule has 0 saturated carbocycles. The molecule has 3 nitrogen and oxygen atoms in total. The van der Waals surface area contributed by atoms with Gasteiger partial charge in [0.15, 0.2) is 0 Å². The lowest BCUT2D eigenvalue weighted by Gasteiger charge is -2.36. The molecular formula is C18H31N3. The number of hydrogen-bond acceptors (Lipinski definition) is 3. The summed E-state index contributed by atoms with van der Waals surface area (Å²) in [5.74, 6) is 1.60. The summed E-state index contributed by atoms with van der Waals surface area (Å²) in [4.78, 5) is 2.53. The smallest absolute Gasteiger partial charge is 0.0367 e. The number of piperidine rings is 1. The van der Waals surface area contributed by atoms with Crippen molar-refractivity contribution in [1.82, 2.24) is 0 Å². The zero-order valence-corrected chi connectivity index (χ0v) is 13.6. The van der Waals surface area contributed by atoms with Crippen molar-refractivity contribution in [1.29, 1.82) is 0 Å². The summed E-state index contributed by atoms with van der Waals surface area (Å²) in [7, 11) is 0. The van der Waals surface area contributed by atoms with Crippen molar-refractivity contribution in [3.63, 3.8) is 0 Å². The molecule has 3 heteroatoms. The summed E-state index contributed by atoms with van der Waals surface area (Å²) < 4.78 is 0. The maximum atomic E-state index is 5.50. The second-order valence-electron chi connectivity index (χ2n) is 6.67. The van der Waals surface area contributed by atoms with Crippen LogP contribution in [0, 0.1) is 11.8 Å². The second-order valence-corrected chi connectivity index (χ2v) is 6.67. The molecule has 1 aliphatic heterocycles. The molecule has 118 valence electrons. The minimum absolute atomic E-state index is 0.800. The molecule has 1 aliphatic rings. The minimum Gasteiger partial charge on any atom is -0.385 e. The molecule has 1 aromatic carbocycles. The third kappa shape index (κ3) is 5.24. The van der Waals surface area contributed by atoms with Crippen molar-refractivity contribution >= 4 is 11.4 Å². The maximum Gasteiger partial charge on any atom is 0.0367 e. The highest BCUT2D eigenvalue weighted by Gasteiger charge is 2.21. The van der Waals surface area contributed by atoms with Gasteiger partial charge in [0.05, 0.1) is 0 Å². The first kappa shape index (κ1) is 16.2. The summed E-state index contributed by atoms with van der Waals surface area (Å²) in [6.07, 6.45) is 4.90. The number of unbranched alkanes of at least 4 members (excludes halogenated alkanes) is 2. The van der Waals surface area contributed by atoms with Gasteiger partial charge in [0.2, 0.25) is 0 Å². The highest BCUT2D eigenvalue weighted by molar-refractivity contribution is 5.55. The van der Waals surface area contributed by atoms with Crippen molar-refractivity contribution in [2.45, 2.75) is 39.5 Å². The lowest BCUT2D eigenvalue weighted by molar-refractivity contribution is 0.357. The topological polar surface area (TPSA) is 41.3 Å². The van der Waals surface area contributed by atoms with Crippen molar-refractivity contribution in [2.24, 2.45) is 17.6 Å². The molecule has 3 N–H and O–H groups in total. The van der Waals surface area contributed by atoms with Crippen molar-refractivity contribution < 1.29 is 0 Å². The summed E-state index contributed by atoms with van der Waals surface area (Å²) in [5.41, 5.74) is 8.09. The van der Waals surface area contributed by atoms with E-state index in [9.17, 15) is 0 Å². The Morgan fingerprint density at radius 1 is 1.05 bits per heavy atom. The molecule has 2 rings (SSSR count). The number of nitrogens with two attached hydrogens (primary N) is 1. The number of hydrogen-bond donors (Lipinski definition) is 2. The predicted molar refractivity (Wildman–Crippen MR) is 93.0 cm³/mol. The molecule has 1 saturated heterocycles. The van der Waals surface area contributed by atoms with E-state index in [0.717, 1.165) is 31.3 Å². The van der Waals surface area contributed by atoms with E-state index < -0.39 is 0 Å². The van der Waals surface area contributed by atoms with E-state index in [4.69, 9.17) is 5.73 Å². The molecule has 0 aromatic heterocycles. The van der Waals surface area contributed by atoms with Crippen LogP contribution < -0.4 is 16.0 Å². The molecule has 0 bridgehead atoms. The van der Waals surface area contributed by atoms with Crippen LogP contribution in [0.4, 0.5) is 11.4 Å². The molecule has 0 aliphatic carbocycles. The molecule has 0 amide bonds. The van der Waals surface area contributed by atoms with Crippen LogP contribution in [0.15, 0.2) is 24.3 Å². The van der Waals surface area contributed by atoms with Crippen LogP contribution in [0.25, 0.3) is 0 Å². The average Bonchev–Trinajstić information content (AvgIpc) is 2.47. The van der Waals surface area contributed by atoms with Gasteiger partial charge < -0.3 is 16.0 Å². The molecule has 2 atom stereocenters. The van der Waals surface area contributed by atoms with Gasteiger partial charge in [0.25, 0.3) is 0 Å². The maximum absolute atomic E-state index is 5.50. The fourth-order valence-electron chi connectivity index (χ4n) is 3.34. The van der Waals surface area contributed by atoms with Gasteiger partial charge in [-0.15, -0.1) is 0 Å². The molecular weight excluding hydrogens is 258 g/mol. The molecule has 0 radical (unpaired) electrons. The normalized spacial score (nSPS) is 22.3. The summed E-state index contributed by atoms with van der Waals surface area (Å²) in [6, 6.07) is 8.93. The van der Waals surface area contributed by atoms with Gasteiger partial charge in [0, 0.05) is 31.0 Å². The van der Waals surface area contributed by atoms with Crippen molar-refractivity contribution in [3.05, 3.63) is 24.3 Å². The van der Waals surface area contributed by atoms with Crippen molar-refractivity contribution in [3.8, 4) is 0 Å². The monoisotopic (exact) mass is 289 g/mol. The van der Waals surface area contributed by atoms with Gasteiger partial charge in [0.1, 0.15) is 0 Å². The summed E-state index contributed by atoms with van der Waals surface area (Å²) in [5, 5.41) is 3.49. The van der Waals surface area contributed by atoms with Crippen LogP contribution >= 0.6 is 0 Å². The Labute approximate surface area is 129 Å². The number of anilines is 2. The summed E-state index contributed by atoms with van der Waals surface area (Å²) in [6.45, 7) is 8.95. The highest BCUT2D eigenvalue weighted by Crippen LogP contribution is 2.27. The predicted octanol–water partition coefficient (Wildman–Crippen LogP) is 3.71. The van der Waals surface area contributed by atoms with Crippen LogP contribution in [0.2, 0.25) is 0 Å². The Morgan fingerprint density at radius 2 is 1.71 bits per heavy atom. The van der Waals surface area contributed by atoms with Crippen molar-refractivity contribution in [2.75, 3.05) is 36.4 Å². The van der Waals surface area contributed by atoms with E-state index in [-0.39, 0.29) is 0 Å². The molecule has 0 spiro atoms. The lowest BCUT2D eigenvalue weighted by Crippen LogP contribution is -2.38. The largest absolute Gasteiger partial charge is 0.385 e. The first-order valence-electron chi connectivity index (χ1n) is 8.48. The Morgan fingerprint density at radius 3 is 2.33 bits per heavy atom. The number of rotatable bonds is 7. The summed E-state index contributed by atoms with van der Waals surface area (Å²) >= 11 is 0. The standard InChI is InChI=1S/C18H31N3/c1-15-12-16(2)14-21(13-15)18-8-6-17(7-9-18)20-11-5-3-4-10-19/h6-9,15-16,20H,3-5,10-14,19H2,1-2H3/t15-,16+. The first-order valence-corrected chi connectivity index (χ1v) is 8.48. The van der Waals surface area contributed by atoms with Crippen LogP contribution in [0.3, 0.4) is 0 Å². The van der Waals surface area contributed by atoms with E-state index in [2.05, 4.69) is 48.3 Å². The van der Waals surface area contributed by atoms with Gasteiger partial charge in [-0.2, -0.15) is 0 Å². The number of nitrogens with zero attached hydrogens (tertiary/aromatic N) is 1. The zero-order chi connectivity index (χ0) is 15.1. The van der Waals surface area contributed by atoms with E-state index in [1.54, 1.807) is 0 Å². The zero-order valence-electron chi connectivity index (χ0n) is 13.6. The van der Waals surface area contributed by atoms with Gasteiger partial charge in [-0.1, -0.05) is 20.3 Å². The first-order chi connectivity index (χ1) is 10.2. The van der Waals surface area contributed by atoms with Gasteiger partial charge in [-0.3, -0.25) is 0 Å². The number of nitrogens with one attached hydrogen (secondary N) is 1. The van der Waals surface area contributed by atoms with Gasteiger partial charge in [-0.05, 0) is 61.9 Å². The quantitative estimate of drug-likeness (QED) is 0.752. The van der Waals surface area contributed by atoms with Gasteiger partial charge >= 0.3 is 0 Å². The third-order valence-corrected chi connectivity index (χ3v) is 4.31.